The molecular weight excluding hydrogens is 182 g/mol. The van der Waals surface area contributed by atoms with E-state index >= 15 is 0 Å². The fourth-order valence-electron chi connectivity index (χ4n) is 1.41. The maximum atomic E-state index is 8.56. The minimum atomic E-state index is -1.83. The van der Waals surface area contributed by atoms with Crippen molar-refractivity contribution < 1.29 is 15.0 Å². The zero-order valence-electron chi connectivity index (χ0n) is 7.73. The number of hydrogen-bond acceptors (Lipinski definition) is 2. The fourth-order valence-corrected chi connectivity index (χ4v) is 1.41. The van der Waals surface area contributed by atoms with Crippen molar-refractivity contribution in [2.45, 2.75) is 12.8 Å². The van der Waals surface area contributed by atoms with Crippen molar-refractivity contribution in [2.24, 2.45) is 0 Å². The summed E-state index contributed by atoms with van der Waals surface area (Å²) in [6, 6.07) is 8.53. The molecule has 1 aliphatic rings. The van der Waals surface area contributed by atoms with Crippen molar-refractivity contribution >= 4 is 11.8 Å². The first-order valence-electron chi connectivity index (χ1n) is 4.44. The molecule has 1 aromatic rings. The lowest BCUT2D eigenvalue weighted by molar-refractivity contribution is 0.137. The van der Waals surface area contributed by atoms with Crippen LogP contribution in [0.15, 0.2) is 24.3 Å². The number of benzene rings is 1. The van der Waals surface area contributed by atoms with Gasteiger partial charge in [-0.2, -0.15) is 0 Å². The monoisotopic (exact) mass is 195 g/mol. The van der Waals surface area contributed by atoms with Crippen molar-refractivity contribution in [1.82, 2.24) is 0 Å². The molecule has 0 amide bonds. The highest BCUT2D eigenvalue weighted by molar-refractivity contribution is 5.53. The maximum absolute atomic E-state index is 8.56. The van der Waals surface area contributed by atoms with Gasteiger partial charge in [-0.15, -0.1) is 0 Å². The van der Waals surface area contributed by atoms with Crippen molar-refractivity contribution in [1.29, 1.82) is 0 Å². The van der Waals surface area contributed by atoms with E-state index in [1.54, 1.807) is 0 Å². The number of carboxylic acid groups (broad SMARTS) is 2. The zero-order chi connectivity index (χ0) is 10.4. The minimum absolute atomic E-state index is 1.14. The van der Waals surface area contributed by atoms with Gasteiger partial charge in [0.05, 0.1) is 0 Å². The molecule has 0 bridgehead atoms. The Morgan fingerprint density at radius 1 is 1.29 bits per heavy atom. The Kier molecular flexibility index (Phi) is 3.79. The van der Waals surface area contributed by atoms with Gasteiger partial charge < -0.3 is 15.5 Å². The molecule has 0 saturated heterocycles. The van der Waals surface area contributed by atoms with Crippen LogP contribution in [-0.2, 0) is 6.42 Å². The van der Waals surface area contributed by atoms with E-state index in [1.807, 2.05) is 0 Å². The predicted molar refractivity (Wildman–Crippen MR) is 53.9 cm³/mol. The van der Waals surface area contributed by atoms with Crippen LogP contribution in [0, 0.1) is 0 Å². The normalized spacial score (nSPS) is 12.9. The Morgan fingerprint density at radius 2 is 1.93 bits per heavy atom. The molecule has 2 rings (SSSR count). The lowest BCUT2D eigenvalue weighted by Gasteiger charge is -2.16. The van der Waals surface area contributed by atoms with Crippen LogP contribution < -0.4 is 5.32 Å². The summed E-state index contributed by atoms with van der Waals surface area (Å²) in [5.41, 5.74) is 2.79. The first kappa shape index (κ1) is 10.4. The molecule has 14 heavy (non-hydrogen) atoms. The molecule has 4 heteroatoms. The Balaban J connectivity index is 0.000000213. The molecule has 1 aliphatic heterocycles. The third kappa shape index (κ3) is 3.35. The molecule has 0 fully saturated rings. The highest BCUT2D eigenvalue weighted by Gasteiger charge is 2.04. The van der Waals surface area contributed by atoms with Crippen LogP contribution in [0.3, 0.4) is 0 Å². The standard InChI is InChI=1S/C9H11N.CH2O3/c1-2-6-9-8(4-1)5-3-7-10-9;2-1(3)4/h1-2,4,6,10H,3,5,7H2;(H2,2,3,4). The van der Waals surface area contributed by atoms with E-state index in [0.717, 1.165) is 6.54 Å². The summed E-state index contributed by atoms with van der Waals surface area (Å²) in [5, 5.41) is 17.3. The highest BCUT2D eigenvalue weighted by Crippen LogP contribution is 2.19. The molecule has 0 aliphatic carbocycles. The molecule has 1 heterocycles. The molecule has 0 saturated carbocycles. The summed E-state index contributed by atoms with van der Waals surface area (Å²) in [6.45, 7) is 1.14. The molecular formula is C10H13NO3. The Labute approximate surface area is 82.2 Å². The first-order chi connectivity index (χ1) is 6.70. The second-order valence-corrected chi connectivity index (χ2v) is 2.97. The molecule has 0 unspecified atom stereocenters. The average Bonchev–Trinajstić information content (AvgIpc) is 2.17. The number of anilines is 1. The van der Waals surface area contributed by atoms with Crippen LogP contribution in [0.2, 0.25) is 0 Å². The molecule has 76 valence electrons. The van der Waals surface area contributed by atoms with E-state index in [0.29, 0.717) is 0 Å². The van der Waals surface area contributed by atoms with Crippen molar-refractivity contribution in [3.05, 3.63) is 29.8 Å². The maximum Gasteiger partial charge on any atom is 0.503 e. The van der Waals surface area contributed by atoms with Crippen molar-refractivity contribution in [3.8, 4) is 0 Å². The van der Waals surface area contributed by atoms with E-state index in [9.17, 15) is 0 Å². The van der Waals surface area contributed by atoms with Crippen LogP contribution in [-0.4, -0.2) is 22.9 Å². The van der Waals surface area contributed by atoms with Gasteiger partial charge in [-0.25, -0.2) is 4.79 Å². The Hall–Kier alpha value is -1.71. The minimum Gasteiger partial charge on any atom is -0.450 e. The zero-order valence-corrected chi connectivity index (χ0v) is 7.73. The van der Waals surface area contributed by atoms with Crippen molar-refractivity contribution in [3.63, 3.8) is 0 Å². The third-order valence-corrected chi connectivity index (χ3v) is 1.96. The van der Waals surface area contributed by atoms with E-state index in [1.165, 1.54) is 24.1 Å². The molecule has 0 aromatic heterocycles. The number of para-hydroxylation sites is 1. The predicted octanol–water partition coefficient (Wildman–Crippen LogP) is 2.27. The summed E-state index contributed by atoms with van der Waals surface area (Å²) in [5.74, 6) is 0. The molecule has 0 spiro atoms. The number of nitrogens with one attached hydrogen (secondary N) is 1. The molecule has 4 nitrogen and oxygen atoms in total. The molecule has 3 N–H and O–H groups in total. The van der Waals surface area contributed by atoms with Gasteiger partial charge in [0.1, 0.15) is 0 Å². The number of fused-ring (bicyclic) bond motifs is 1. The van der Waals surface area contributed by atoms with Gasteiger partial charge in [0.15, 0.2) is 0 Å². The van der Waals surface area contributed by atoms with Crippen LogP contribution in [0.25, 0.3) is 0 Å². The first-order valence-corrected chi connectivity index (χ1v) is 4.44. The number of hydrogen-bond donors (Lipinski definition) is 3. The van der Waals surface area contributed by atoms with E-state index in [2.05, 4.69) is 29.6 Å². The summed E-state index contributed by atoms with van der Waals surface area (Å²) >= 11 is 0. The molecule has 0 atom stereocenters. The Bertz CT molecular complexity index is 283. The van der Waals surface area contributed by atoms with Gasteiger partial charge in [-0.1, -0.05) is 18.2 Å². The lowest BCUT2D eigenvalue weighted by Crippen LogP contribution is -2.10. The summed E-state index contributed by atoms with van der Waals surface area (Å²) in [7, 11) is 0. The van der Waals surface area contributed by atoms with Crippen LogP contribution >= 0.6 is 0 Å². The SMILES string of the molecule is O=C(O)O.c1ccc2c(c1)CCCN2. The quantitative estimate of drug-likeness (QED) is 0.594. The number of aryl methyl sites for hydroxylation is 1. The largest absolute Gasteiger partial charge is 0.503 e. The lowest BCUT2D eigenvalue weighted by atomic mass is 10.0. The smallest absolute Gasteiger partial charge is 0.450 e. The summed E-state index contributed by atoms with van der Waals surface area (Å²) in [6.07, 6.45) is 0.681. The number of carbonyl (C=O) groups is 1. The van der Waals surface area contributed by atoms with Gasteiger partial charge in [-0.3, -0.25) is 0 Å². The Morgan fingerprint density at radius 3 is 2.57 bits per heavy atom. The molecule has 1 aromatic carbocycles. The summed E-state index contributed by atoms with van der Waals surface area (Å²) < 4.78 is 0. The highest BCUT2D eigenvalue weighted by atomic mass is 16.6. The van der Waals surface area contributed by atoms with Crippen LogP contribution in [0.5, 0.6) is 0 Å². The van der Waals surface area contributed by atoms with Crippen LogP contribution in [0.4, 0.5) is 10.5 Å². The van der Waals surface area contributed by atoms with E-state index in [-0.39, 0.29) is 0 Å². The van der Waals surface area contributed by atoms with E-state index in [4.69, 9.17) is 15.0 Å². The fraction of sp³-hybridized carbons (Fsp3) is 0.300. The van der Waals surface area contributed by atoms with Gasteiger partial charge >= 0.3 is 6.16 Å². The van der Waals surface area contributed by atoms with Gasteiger partial charge in [0.2, 0.25) is 0 Å². The average molecular weight is 195 g/mol. The van der Waals surface area contributed by atoms with Crippen LogP contribution in [0.1, 0.15) is 12.0 Å². The van der Waals surface area contributed by atoms with E-state index < -0.39 is 6.16 Å². The van der Waals surface area contributed by atoms with Gasteiger partial charge in [-0.05, 0) is 24.5 Å². The van der Waals surface area contributed by atoms with Crippen molar-refractivity contribution in [2.75, 3.05) is 11.9 Å². The topological polar surface area (TPSA) is 69.6 Å². The second-order valence-electron chi connectivity index (χ2n) is 2.97. The number of rotatable bonds is 0. The molecule has 0 radical (unpaired) electrons. The third-order valence-electron chi connectivity index (χ3n) is 1.96. The summed E-state index contributed by atoms with van der Waals surface area (Å²) in [4.78, 5) is 8.56. The second kappa shape index (κ2) is 5.11. The van der Waals surface area contributed by atoms with Gasteiger partial charge in [0.25, 0.3) is 0 Å². The van der Waals surface area contributed by atoms with Gasteiger partial charge in [0, 0.05) is 12.2 Å².